The topological polar surface area (TPSA) is 90.0 Å². The third kappa shape index (κ3) is 24.5. The van der Waals surface area contributed by atoms with Crippen LogP contribution in [0.3, 0.4) is 0 Å². The van der Waals surface area contributed by atoms with Crippen LogP contribution >= 0.6 is 0 Å². The zero-order valence-corrected chi connectivity index (χ0v) is 10.2. The van der Waals surface area contributed by atoms with E-state index in [-0.39, 0.29) is 16.4 Å². The molecule has 0 aliphatic carbocycles. The van der Waals surface area contributed by atoms with E-state index in [1.165, 1.54) is 36.8 Å². The molecule has 0 saturated heterocycles. The molecule has 80 valence electrons. The first-order valence-electron chi connectivity index (χ1n) is 4.42. The normalized spacial score (nSPS) is 8.38. The van der Waals surface area contributed by atoms with Gasteiger partial charge in [-0.1, -0.05) is 0 Å². The van der Waals surface area contributed by atoms with E-state index in [2.05, 4.69) is 34.3 Å². The van der Waals surface area contributed by atoms with Crippen molar-refractivity contribution in [3.05, 3.63) is 0 Å². The zero-order valence-electron chi connectivity index (χ0n) is 8.66. The number of rotatable bonds is 6. The van der Waals surface area contributed by atoms with Gasteiger partial charge < -0.3 is 16.4 Å². The second-order valence-corrected chi connectivity index (χ2v) is 4.13. The predicted octanol–water partition coefficient (Wildman–Crippen LogP) is 3.03. The van der Waals surface area contributed by atoms with Crippen LogP contribution in [0.4, 0.5) is 0 Å². The van der Waals surface area contributed by atoms with E-state index in [9.17, 15) is 0 Å². The summed E-state index contributed by atoms with van der Waals surface area (Å²) < 4.78 is 1.36. The van der Waals surface area contributed by atoms with Crippen molar-refractivity contribution >= 4 is 0 Å². The maximum Gasteiger partial charge on any atom is -0.870 e. The van der Waals surface area contributed by atoms with Crippen LogP contribution in [0.1, 0.15) is 46.0 Å². The van der Waals surface area contributed by atoms with Crippen molar-refractivity contribution in [2.45, 2.75) is 50.7 Å². The maximum atomic E-state index is 2.31. The van der Waals surface area contributed by atoms with Crippen LogP contribution in [-0.4, -0.2) is 16.4 Å². The predicted molar refractivity (Wildman–Crippen MR) is 48.5 cm³/mol. The van der Waals surface area contributed by atoms with Crippen molar-refractivity contribution in [2.75, 3.05) is 0 Å². The summed E-state index contributed by atoms with van der Waals surface area (Å²) in [5, 5.41) is 0. The summed E-state index contributed by atoms with van der Waals surface area (Å²) in [7, 11) is 0. The van der Waals surface area contributed by atoms with Gasteiger partial charge in [0.15, 0.2) is 0 Å². The monoisotopic (exact) mass is 226 g/mol. The molecule has 0 spiro atoms. The molecule has 0 aromatic carbocycles. The number of hydrogen-bond acceptors (Lipinski definition) is 3. The van der Waals surface area contributed by atoms with Crippen molar-refractivity contribution < 1.29 is 36.9 Å². The first-order chi connectivity index (χ1) is 4.77. The standard InChI is InChI=1S/C9H19.3H2O.Ti/c1-4-5-6-7-8-9(2)3;;;;/h9H,1,4-8H2,2-3H3;3*1H2;/q;;;;+3/p-3. The van der Waals surface area contributed by atoms with Gasteiger partial charge in [-0.3, -0.25) is 0 Å². The maximum absolute atomic E-state index is 2.31. The molecule has 0 radical (unpaired) electrons. The Morgan fingerprint density at radius 2 is 1.31 bits per heavy atom. The van der Waals surface area contributed by atoms with Crippen LogP contribution in [0.15, 0.2) is 0 Å². The molecule has 0 aromatic rings. The van der Waals surface area contributed by atoms with E-state index in [0.717, 1.165) is 5.92 Å². The minimum absolute atomic E-state index is 0. The Balaban J connectivity index is -0.000000135. The molecule has 0 aromatic heterocycles. The smallest absolute Gasteiger partial charge is 0.870 e. The van der Waals surface area contributed by atoms with Crippen molar-refractivity contribution in [3.8, 4) is 0 Å². The summed E-state index contributed by atoms with van der Waals surface area (Å²) >= 11 is 2.27. The van der Waals surface area contributed by atoms with Gasteiger partial charge in [-0.25, -0.2) is 0 Å². The second kappa shape index (κ2) is 18.4. The van der Waals surface area contributed by atoms with Gasteiger partial charge >= 0.3 is 77.0 Å². The van der Waals surface area contributed by atoms with E-state index in [4.69, 9.17) is 0 Å². The molecule has 0 atom stereocenters. The van der Waals surface area contributed by atoms with Gasteiger partial charge in [0, 0.05) is 0 Å². The third-order valence-corrected chi connectivity index (χ3v) is 2.26. The van der Waals surface area contributed by atoms with Crippen molar-refractivity contribution in [2.24, 2.45) is 5.92 Å². The van der Waals surface area contributed by atoms with Crippen LogP contribution < -0.4 is 0 Å². The van der Waals surface area contributed by atoms with Gasteiger partial charge in [0.1, 0.15) is 0 Å². The Labute approximate surface area is 93.6 Å². The first-order valence-corrected chi connectivity index (χ1v) is 5.52. The van der Waals surface area contributed by atoms with Gasteiger partial charge in [-0.05, 0) is 0 Å². The first kappa shape index (κ1) is 23.4. The SMILES string of the molecule is CC(C)CCCCC[CH2][Ti+3].[OH-].[OH-].[OH-]. The largest absolute Gasteiger partial charge is 0.870 e. The molecule has 3 N–H and O–H groups in total. The van der Waals surface area contributed by atoms with E-state index >= 15 is 0 Å². The molecule has 0 fully saturated rings. The summed E-state index contributed by atoms with van der Waals surface area (Å²) in [6.45, 7) is 4.61. The van der Waals surface area contributed by atoms with Gasteiger partial charge in [0.25, 0.3) is 0 Å². The van der Waals surface area contributed by atoms with Crippen LogP contribution in [0.25, 0.3) is 0 Å². The number of unbranched alkanes of at least 4 members (excludes halogenated alkanes) is 3. The van der Waals surface area contributed by atoms with Crippen LogP contribution in [0, 0.1) is 5.92 Å². The zero-order chi connectivity index (χ0) is 7.82. The van der Waals surface area contributed by atoms with Crippen LogP contribution in [0.2, 0.25) is 4.73 Å². The molecule has 0 aliphatic heterocycles. The molecule has 0 heterocycles. The van der Waals surface area contributed by atoms with Gasteiger partial charge in [-0.15, -0.1) is 0 Å². The molecule has 0 rings (SSSR count). The molecular weight excluding hydrogens is 204 g/mol. The molecule has 0 saturated carbocycles. The summed E-state index contributed by atoms with van der Waals surface area (Å²) in [4.78, 5) is 0. The quantitative estimate of drug-likeness (QED) is 0.514. The average Bonchev–Trinajstić information content (AvgIpc) is 1.87. The molecule has 0 aliphatic rings. The van der Waals surface area contributed by atoms with Gasteiger partial charge in [0.2, 0.25) is 0 Å². The van der Waals surface area contributed by atoms with Gasteiger partial charge in [-0.2, -0.15) is 0 Å². The van der Waals surface area contributed by atoms with Crippen molar-refractivity contribution in [1.29, 1.82) is 0 Å². The minimum Gasteiger partial charge on any atom is -0.870 e. The summed E-state index contributed by atoms with van der Waals surface area (Å²) in [6.07, 6.45) is 7.19. The summed E-state index contributed by atoms with van der Waals surface area (Å²) in [5.41, 5.74) is 0. The van der Waals surface area contributed by atoms with Crippen LogP contribution in [0.5, 0.6) is 0 Å². The molecule has 4 heteroatoms. The summed E-state index contributed by atoms with van der Waals surface area (Å²) in [5.74, 6) is 0.904. The Hall–Kier alpha value is 0.594. The molecule has 0 amide bonds. The third-order valence-electron chi connectivity index (χ3n) is 1.71. The molecule has 0 unspecified atom stereocenters. The van der Waals surface area contributed by atoms with E-state index in [1.54, 1.807) is 0 Å². The Morgan fingerprint density at radius 1 is 0.846 bits per heavy atom. The Morgan fingerprint density at radius 3 is 1.69 bits per heavy atom. The fourth-order valence-corrected chi connectivity index (χ4v) is 1.42. The summed E-state index contributed by atoms with van der Waals surface area (Å²) in [6, 6.07) is 0. The Kier molecular flexibility index (Phi) is 33.1. The Bertz CT molecular complexity index is 69.9. The minimum atomic E-state index is 0. The fraction of sp³-hybridized carbons (Fsp3) is 1.00. The van der Waals surface area contributed by atoms with E-state index in [0.29, 0.717) is 0 Å². The second-order valence-electron chi connectivity index (χ2n) is 3.35. The van der Waals surface area contributed by atoms with E-state index in [1.807, 2.05) is 0 Å². The molecular formula is C9H22O3Ti. The van der Waals surface area contributed by atoms with Crippen LogP contribution in [-0.2, 0) is 20.4 Å². The van der Waals surface area contributed by atoms with Crippen molar-refractivity contribution in [1.82, 2.24) is 0 Å². The average molecular weight is 226 g/mol. The molecule has 13 heavy (non-hydrogen) atoms. The number of hydrogen-bond donors (Lipinski definition) is 0. The molecule has 3 nitrogen and oxygen atoms in total. The molecule has 0 bridgehead atoms. The van der Waals surface area contributed by atoms with Gasteiger partial charge in [0.05, 0.1) is 0 Å². The van der Waals surface area contributed by atoms with E-state index < -0.39 is 0 Å². The fourth-order valence-electron chi connectivity index (χ4n) is 1.03. The van der Waals surface area contributed by atoms with Crippen molar-refractivity contribution in [3.63, 3.8) is 0 Å².